The van der Waals surface area contributed by atoms with E-state index in [0.717, 1.165) is 33.6 Å². The van der Waals surface area contributed by atoms with E-state index < -0.39 is 5.41 Å². The Balaban J connectivity index is 1.06. The van der Waals surface area contributed by atoms with Crippen molar-refractivity contribution in [2.75, 3.05) is 0 Å². The van der Waals surface area contributed by atoms with Crippen LogP contribution in [0.3, 0.4) is 0 Å². The first-order valence-corrected chi connectivity index (χ1v) is 20.4. The predicted molar refractivity (Wildman–Crippen MR) is 246 cm³/mol. The van der Waals surface area contributed by atoms with Gasteiger partial charge in [-0.25, -0.2) is 4.98 Å². The predicted octanol–water partition coefficient (Wildman–Crippen LogP) is 14.9. The zero-order valence-corrected chi connectivity index (χ0v) is 32.5. The largest absolute Gasteiger partial charge is 0.248 e. The number of fused-ring (bicyclic) bond motifs is 5. The van der Waals surface area contributed by atoms with Crippen molar-refractivity contribution in [2.24, 2.45) is 0 Å². The minimum Gasteiger partial charge on any atom is -0.248 e. The number of rotatable bonds is 7. The van der Waals surface area contributed by atoms with E-state index in [1.165, 1.54) is 66.4 Å². The summed E-state index contributed by atoms with van der Waals surface area (Å²) in [6.07, 6.45) is 0. The van der Waals surface area contributed by atoms with Crippen LogP contribution >= 0.6 is 0 Å². The molecule has 59 heavy (non-hydrogen) atoms. The van der Waals surface area contributed by atoms with E-state index in [0.29, 0.717) is 0 Å². The lowest BCUT2D eigenvalue weighted by Crippen LogP contribution is -2.28. The summed E-state index contributed by atoms with van der Waals surface area (Å²) in [6, 6.07) is 86.1. The van der Waals surface area contributed by atoms with Crippen LogP contribution in [0.1, 0.15) is 22.3 Å². The molecule has 1 nitrogen and oxygen atoms in total. The summed E-state index contributed by atoms with van der Waals surface area (Å²) in [5.41, 5.74) is 18.6. The van der Waals surface area contributed by atoms with Gasteiger partial charge in [-0.2, -0.15) is 0 Å². The highest BCUT2D eigenvalue weighted by molar-refractivity contribution is 6.07. The maximum absolute atomic E-state index is 5.10. The molecule has 9 aromatic carbocycles. The fraction of sp³-hybridized carbons (Fsp3) is 0.0172. The van der Waals surface area contributed by atoms with Gasteiger partial charge < -0.3 is 0 Å². The van der Waals surface area contributed by atoms with Gasteiger partial charge >= 0.3 is 0 Å². The Morgan fingerprint density at radius 2 is 0.797 bits per heavy atom. The van der Waals surface area contributed by atoms with E-state index in [1.807, 2.05) is 12.1 Å². The third kappa shape index (κ3) is 5.82. The molecular weight excluding hydrogens is 711 g/mol. The van der Waals surface area contributed by atoms with Crippen LogP contribution in [-0.2, 0) is 5.41 Å². The molecule has 0 atom stereocenters. The summed E-state index contributed by atoms with van der Waals surface area (Å²) >= 11 is 0. The van der Waals surface area contributed by atoms with Crippen molar-refractivity contribution >= 4 is 10.8 Å². The lowest BCUT2D eigenvalue weighted by atomic mass is 9.66. The topological polar surface area (TPSA) is 12.9 Å². The van der Waals surface area contributed by atoms with Gasteiger partial charge in [0.1, 0.15) is 0 Å². The van der Waals surface area contributed by atoms with Crippen molar-refractivity contribution < 1.29 is 0 Å². The highest BCUT2D eigenvalue weighted by atomic mass is 14.7. The van der Waals surface area contributed by atoms with Crippen LogP contribution in [0.2, 0.25) is 0 Å². The molecule has 1 aliphatic carbocycles. The Morgan fingerprint density at radius 1 is 0.305 bits per heavy atom. The second kappa shape index (κ2) is 14.4. The third-order valence-corrected chi connectivity index (χ3v) is 12.1. The van der Waals surface area contributed by atoms with Gasteiger partial charge in [0.2, 0.25) is 0 Å². The zero-order valence-electron chi connectivity index (χ0n) is 32.5. The molecule has 11 rings (SSSR count). The number of pyridine rings is 1. The fourth-order valence-electron chi connectivity index (χ4n) is 9.48. The van der Waals surface area contributed by atoms with Gasteiger partial charge in [0, 0.05) is 11.1 Å². The highest BCUT2D eigenvalue weighted by Gasteiger charge is 2.48. The van der Waals surface area contributed by atoms with E-state index >= 15 is 0 Å². The van der Waals surface area contributed by atoms with Gasteiger partial charge in [-0.1, -0.05) is 212 Å². The van der Waals surface area contributed by atoms with Crippen molar-refractivity contribution in [1.82, 2.24) is 4.98 Å². The number of aromatic nitrogens is 1. The van der Waals surface area contributed by atoms with Crippen molar-refractivity contribution in [2.45, 2.75) is 5.41 Å². The van der Waals surface area contributed by atoms with Crippen molar-refractivity contribution in [3.05, 3.63) is 259 Å². The van der Waals surface area contributed by atoms with Crippen LogP contribution in [-0.4, -0.2) is 4.98 Å². The molecule has 0 fully saturated rings. The quantitative estimate of drug-likeness (QED) is 0.158. The van der Waals surface area contributed by atoms with Crippen molar-refractivity contribution in [1.29, 1.82) is 0 Å². The molecule has 0 aliphatic heterocycles. The Bertz CT molecular complexity index is 3020. The number of nitrogens with zero attached hydrogens (tertiary/aromatic N) is 1. The van der Waals surface area contributed by atoms with Crippen LogP contribution in [0.25, 0.3) is 77.8 Å². The van der Waals surface area contributed by atoms with E-state index in [-0.39, 0.29) is 0 Å². The Morgan fingerprint density at radius 3 is 1.42 bits per heavy atom. The Labute approximate surface area is 345 Å². The molecule has 0 amide bonds. The van der Waals surface area contributed by atoms with E-state index in [9.17, 15) is 0 Å². The smallest absolute Gasteiger partial charge is 0.0719 e. The van der Waals surface area contributed by atoms with Crippen LogP contribution in [0, 0.1) is 0 Å². The van der Waals surface area contributed by atoms with Gasteiger partial charge in [-0.15, -0.1) is 0 Å². The van der Waals surface area contributed by atoms with Crippen molar-refractivity contribution in [3.8, 4) is 67.0 Å². The summed E-state index contributed by atoms with van der Waals surface area (Å²) in [5.74, 6) is 0. The Hall–Kier alpha value is -7.61. The summed E-state index contributed by atoms with van der Waals surface area (Å²) in [4.78, 5) is 5.10. The molecular formula is C58H39N. The molecule has 276 valence electrons. The summed E-state index contributed by atoms with van der Waals surface area (Å²) in [7, 11) is 0. The molecule has 1 heteroatoms. The minimum absolute atomic E-state index is 0.495. The summed E-state index contributed by atoms with van der Waals surface area (Å²) in [6.45, 7) is 0. The maximum Gasteiger partial charge on any atom is 0.0719 e. The van der Waals surface area contributed by atoms with Crippen LogP contribution < -0.4 is 0 Å². The maximum atomic E-state index is 5.10. The van der Waals surface area contributed by atoms with Gasteiger partial charge in [0.15, 0.2) is 0 Å². The lowest BCUT2D eigenvalue weighted by Gasteiger charge is -2.35. The molecule has 0 radical (unpaired) electrons. The van der Waals surface area contributed by atoms with Gasteiger partial charge in [-0.05, 0) is 102 Å². The second-order valence-corrected chi connectivity index (χ2v) is 15.4. The monoisotopic (exact) mass is 749 g/mol. The van der Waals surface area contributed by atoms with Crippen LogP contribution in [0.5, 0.6) is 0 Å². The second-order valence-electron chi connectivity index (χ2n) is 15.4. The molecule has 10 aromatic rings. The van der Waals surface area contributed by atoms with Crippen LogP contribution in [0.4, 0.5) is 0 Å². The van der Waals surface area contributed by atoms with E-state index in [1.54, 1.807) is 0 Å². The fourth-order valence-corrected chi connectivity index (χ4v) is 9.48. The summed E-state index contributed by atoms with van der Waals surface area (Å²) in [5, 5.41) is 2.52. The SMILES string of the molecule is c1ccc(-c2cc(-c3ccc(-c4cccc(-c5cc6ccccc6c6c5-c5ccccc5C6(c5ccccc5)c5ccccc5)c4)cc3)cc(-c3ccccc3)n2)cc1. The molecule has 0 saturated carbocycles. The number of hydrogen-bond acceptors (Lipinski definition) is 1. The molecule has 0 saturated heterocycles. The van der Waals surface area contributed by atoms with Gasteiger partial charge in [-0.3, -0.25) is 0 Å². The average molecular weight is 750 g/mol. The first-order valence-electron chi connectivity index (χ1n) is 20.4. The molecule has 0 unspecified atom stereocenters. The zero-order chi connectivity index (χ0) is 39.2. The highest BCUT2D eigenvalue weighted by Crippen LogP contribution is 2.60. The van der Waals surface area contributed by atoms with Crippen LogP contribution in [0.15, 0.2) is 237 Å². The number of benzene rings is 9. The lowest BCUT2D eigenvalue weighted by molar-refractivity contribution is 0.775. The van der Waals surface area contributed by atoms with Gasteiger partial charge in [0.05, 0.1) is 16.8 Å². The van der Waals surface area contributed by atoms with E-state index in [2.05, 4.69) is 224 Å². The van der Waals surface area contributed by atoms with Crippen molar-refractivity contribution in [3.63, 3.8) is 0 Å². The van der Waals surface area contributed by atoms with E-state index in [4.69, 9.17) is 4.98 Å². The Kier molecular flexibility index (Phi) is 8.45. The number of hydrogen-bond donors (Lipinski definition) is 0. The normalized spacial score (nSPS) is 12.5. The minimum atomic E-state index is -0.495. The average Bonchev–Trinajstić information content (AvgIpc) is 3.65. The van der Waals surface area contributed by atoms with Gasteiger partial charge in [0.25, 0.3) is 0 Å². The first-order chi connectivity index (χ1) is 29.3. The first kappa shape index (κ1) is 34.6. The molecule has 1 aromatic heterocycles. The molecule has 1 aliphatic rings. The molecule has 0 spiro atoms. The molecule has 0 bridgehead atoms. The summed E-state index contributed by atoms with van der Waals surface area (Å²) < 4.78 is 0. The molecule has 0 N–H and O–H groups in total. The standard InChI is InChI=1S/C58H39N/c1-5-18-42(19-6-1)54-38-47(39-55(59-54)43-20-7-2-8-21-43)41-34-32-40(33-35-41)44-23-17-24-45(36-44)52-37-46-22-13-14-29-50(46)57-56(52)51-30-15-16-31-53(51)58(57,48-25-9-3-10-26-48)49-27-11-4-12-28-49/h1-39H. The third-order valence-electron chi connectivity index (χ3n) is 12.1. The molecule has 1 heterocycles.